The SMILES string of the molecule is Cc1occc1Sc1ccc(C=O)cc1[N+](=O)[O-]. The highest BCUT2D eigenvalue weighted by Gasteiger charge is 2.17. The van der Waals surface area contributed by atoms with Crippen molar-refractivity contribution >= 4 is 23.7 Å². The summed E-state index contributed by atoms with van der Waals surface area (Å²) in [6.07, 6.45) is 2.12. The number of furan rings is 1. The molecular formula is C12H9NO4S. The normalized spacial score (nSPS) is 10.3. The molecule has 18 heavy (non-hydrogen) atoms. The summed E-state index contributed by atoms with van der Waals surface area (Å²) in [5.41, 5.74) is 0.208. The molecule has 0 spiro atoms. The zero-order valence-electron chi connectivity index (χ0n) is 9.45. The standard InChI is InChI=1S/C12H9NO4S/c1-8-11(4-5-17-8)18-12-3-2-9(7-14)6-10(12)13(15)16/h2-7H,1H3. The van der Waals surface area contributed by atoms with Crippen LogP contribution in [0.2, 0.25) is 0 Å². The van der Waals surface area contributed by atoms with Crippen LogP contribution in [0.25, 0.3) is 0 Å². The van der Waals surface area contributed by atoms with Crippen molar-refractivity contribution in [2.45, 2.75) is 16.7 Å². The van der Waals surface area contributed by atoms with Gasteiger partial charge in [0.25, 0.3) is 5.69 Å². The predicted octanol–water partition coefficient (Wildman–Crippen LogP) is 3.46. The number of hydrogen-bond acceptors (Lipinski definition) is 5. The van der Waals surface area contributed by atoms with E-state index in [0.29, 0.717) is 16.9 Å². The van der Waals surface area contributed by atoms with E-state index in [2.05, 4.69) is 0 Å². The van der Waals surface area contributed by atoms with E-state index in [-0.39, 0.29) is 11.3 Å². The van der Waals surface area contributed by atoms with Gasteiger partial charge in [0.15, 0.2) is 0 Å². The topological polar surface area (TPSA) is 73.3 Å². The van der Waals surface area contributed by atoms with Crippen molar-refractivity contribution in [1.82, 2.24) is 0 Å². The van der Waals surface area contributed by atoms with Crippen LogP contribution >= 0.6 is 11.8 Å². The number of rotatable bonds is 4. The average Bonchev–Trinajstić information content (AvgIpc) is 2.75. The Morgan fingerprint density at radius 1 is 1.33 bits per heavy atom. The van der Waals surface area contributed by atoms with E-state index in [4.69, 9.17) is 4.42 Å². The van der Waals surface area contributed by atoms with E-state index in [1.165, 1.54) is 24.1 Å². The van der Waals surface area contributed by atoms with Crippen LogP contribution in [0.4, 0.5) is 5.69 Å². The number of carbonyl (C=O) groups excluding carboxylic acids is 1. The minimum atomic E-state index is -0.495. The molecule has 2 rings (SSSR count). The van der Waals surface area contributed by atoms with Gasteiger partial charge in [-0.05, 0) is 19.1 Å². The molecule has 1 heterocycles. The van der Waals surface area contributed by atoms with Crippen molar-refractivity contribution in [2.75, 3.05) is 0 Å². The summed E-state index contributed by atoms with van der Waals surface area (Å²) >= 11 is 1.24. The van der Waals surface area contributed by atoms with E-state index in [9.17, 15) is 14.9 Å². The van der Waals surface area contributed by atoms with Gasteiger partial charge in [0, 0.05) is 11.6 Å². The summed E-state index contributed by atoms with van der Waals surface area (Å²) in [7, 11) is 0. The minimum absolute atomic E-state index is 0.0785. The van der Waals surface area contributed by atoms with Gasteiger partial charge >= 0.3 is 0 Å². The van der Waals surface area contributed by atoms with Crippen molar-refractivity contribution in [2.24, 2.45) is 0 Å². The van der Waals surface area contributed by atoms with Crippen molar-refractivity contribution in [1.29, 1.82) is 0 Å². The smallest absolute Gasteiger partial charge is 0.283 e. The molecule has 0 aliphatic rings. The lowest BCUT2D eigenvalue weighted by molar-refractivity contribution is -0.387. The Hall–Kier alpha value is -2.08. The fourth-order valence-electron chi connectivity index (χ4n) is 1.43. The van der Waals surface area contributed by atoms with Gasteiger partial charge in [0.05, 0.1) is 21.0 Å². The van der Waals surface area contributed by atoms with Crippen LogP contribution in [-0.4, -0.2) is 11.2 Å². The lowest BCUT2D eigenvalue weighted by Gasteiger charge is -2.02. The Balaban J connectivity index is 2.41. The van der Waals surface area contributed by atoms with Gasteiger partial charge in [-0.3, -0.25) is 14.9 Å². The van der Waals surface area contributed by atoms with Crippen LogP contribution in [-0.2, 0) is 0 Å². The summed E-state index contributed by atoms with van der Waals surface area (Å²) in [6.45, 7) is 1.79. The summed E-state index contributed by atoms with van der Waals surface area (Å²) in [6, 6.07) is 6.14. The molecule has 0 bridgehead atoms. The Morgan fingerprint density at radius 2 is 2.11 bits per heavy atom. The van der Waals surface area contributed by atoms with Crippen molar-refractivity contribution in [3.63, 3.8) is 0 Å². The number of aryl methyl sites for hydroxylation is 1. The van der Waals surface area contributed by atoms with Crippen molar-refractivity contribution < 1.29 is 14.1 Å². The van der Waals surface area contributed by atoms with E-state index >= 15 is 0 Å². The molecule has 0 N–H and O–H groups in total. The van der Waals surface area contributed by atoms with Gasteiger partial charge in [-0.25, -0.2) is 0 Å². The first kappa shape index (κ1) is 12.4. The second kappa shape index (κ2) is 5.05. The van der Waals surface area contributed by atoms with E-state index < -0.39 is 4.92 Å². The van der Waals surface area contributed by atoms with E-state index in [0.717, 1.165) is 4.90 Å². The Labute approximate surface area is 107 Å². The molecule has 0 atom stereocenters. The molecular weight excluding hydrogens is 254 g/mol. The molecule has 0 amide bonds. The van der Waals surface area contributed by atoms with Gasteiger partial charge < -0.3 is 4.42 Å². The molecule has 0 radical (unpaired) electrons. The largest absolute Gasteiger partial charge is 0.468 e. The molecule has 5 nitrogen and oxygen atoms in total. The van der Waals surface area contributed by atoms with Gasteiger partial charge in [-0.2, -0.15) is 0 Å². The zero-order chi connectivity index (χ0) is 13.1. The number of hydrogen-bond donors (Lipinski definition) is 0. The summed E-state index contributed by atoms with van der Waals surface area (Å²) in [4.78, 5) is 22.4. The summed E-state index contributed by atoms with van der Waals surface area (Å²) in [5, 5.41) is 11.0. The predicted molar refractivity (Wildman–Crippen MR) is 66.1 cm³/mol. The van der Waals surface area contributed by atoms with Crippen LogP contribution in [0.1, 0.15) is 16.1 Å². The monoisotopic (exact) mass is 263 g/mol. The van der Waals surface area contributed by atoms with Crippen LogP contribution < -0.4 is 0 Å². The minimum Gasteiger partial charge on any atom is -0.468 e. The van der Waals surface area contributed by atoms with Gasteiger partial charge in [-0.1, -0.05) is 17.8 Å². The van der Waals surface area contributed by atoms with Gasteiger partial charge in [0.2, 0.25) is 0 Å². The van der Waals surface area contributed by atoms with Crippen LogP contribution in [0, 0.1) is 17.0 Å². The molecule has 6 heteroatoms. The lowest BCUT2D eigenvalue weighted by Crippen LogP contribution is -1.92. The highest BCUT2D eigenvalue weighted by Crippen LogP contribution is 2.36. The summed E-state index contributed by atoms with van der Waals surface area (Å²) in [5.74, 6) is 0.703. The zero-order valence-corrected chi connectivity index (χ0v) is 10.3. The molecule has 0 fully saturated rings. The third-order valence-electron chi connectivity index (χ3n) is 2.35. The Morgan fingerprint density at radius 3 is 2.67 bits per heavy atom. The van der Waals surface area contributed by atoms with Crippen LogP contribution in [0.15, 0.2) is 44.7 Å². The van der Waals surface area contributed by atoms with E-state index in [1.807, 2.05) is 0 Å². The van der Waals surface area contributed by atoms with E-state index in [1.54, 1.807) is 25.1 Å². The van der Waals surface area contributed by atoms with Gasteiger partial charge in [-0.15, -0.1) is 0 Å². The lowest BCUT2D eigenvalue weighted by atomic mass is 10.2. The molecule has 0 saturated carbocycles. The Kier molecular flexibility index (Phi) is 3.47. The Bertz CT molecular complexity index is 606. The molecule has 0 saturated heterocycles. The second-order valence-corrected chi connectivity index (χ2v) is 4.63. The molecule has 0 unspecified atom stereocenters. The van der Waals surface area contributed by atoms with Crippen molar-refractivity contribution in [3.05, 3.63) is 52.0 Å². The maximum absolute atomic E-state index is 11.0. The fraction of sp³-hybridized carbons (Fsp3) is 0.0833. The first-order chi connectivity index (χ1) is 8.61. The van der Waals surface area contributed by atoms with Crippen LogP contribution in [0.5, 0.6) is 0 Å². The first-order valence-electron chi connectivity index (χ1n) is 5.07. The molecule has 92 valence electrons. The number of nitro groups is 1. The summed E-state index contributed by atoms with van der Waals surface area (Å²) < 4.78 is 5.14. The highest BCUT2D eigenvalue weighted by molar-refractivity contribution is 7.99. The maximum atomic E-state index is 11.0. The quantitative estimate of drug-likeness (QED) is 0.479. The van der Waals surface area contributed by atoms with Crippen molar-refractivity contribution in [3.8, 4) is 0 Å². The molecule has 0 aliphatic carbocycles. The van der Waals surface area contributed by atoms with Gasteiger partial charge in [0.1, 0.15) is 12.0 Å². The van der Waals surface area contributed by atoms with Crippen LogP contribution in [0.3, 0.4) is 0 Å². The third kappa shape index (κ3) is 2.43. The molecule has 1 aromatic carbocycles. The first-order valence-corrected chi connectivity index (χ1v) is 5.89. The fourth-order valence-corrected chi connectivity index (χ4v) is 2.36. The average molecular weight is 263 g/mol. The molecule has 0 aliphatic heterocycles. The number of nitrogens with zero attached hydrogens (tertiary/aromatic N) is 1. The number of benzene rings is 1. The number of carbonyl (C=O) groups is 1. The third-order valence-corrected chi connectivity index (χ3v) is 3.56. The molecule has 2 aromatic rings. The second-order valence-electron chi connectivity index (χ2n) is 3.55. The number of nitro benzene ring substituents is 1. The molecule has 1 aromatic heterocycles. The maximum Gasteiger partial charge on any atom is 0.283 e. The number of aldehydes is 1. The highest BCUT2D eigenvalue weighted by atomic mass is 32.2.